The van der Waals surface area contributed by atoms with Crippen molar-refractivity contribution in [3.8, 4) is 5.75 Å². The standard InChI is InChI=1S/C45H60N4O11/c1-7-24-59-38(53)20-11-14-28(4)37-19-10-8-9-18-36(52)30(6)40(54)33(22-21-29(5)50)41(55)46-39(27(2)3)42(56)47-45(26-34(45)31-15-12-16-32(51)25-31)44(58)49-23-13-17-35(48-49)43(57)60-37/h7-12,14-16,18,20,25,27,30,33-37,39-40,48,51-52,54H,1,13,17,19,21-24,26H2,2-6H3,(H,46,55)(H,47,56)/b10-8+,18-9+,20-11+,28-14+/t30-,33+,34-,35?,36-,37-,39-,40+,45?/m0/s1. The van der Waals surface area contributed by atoms with Gasteiger partial charge in [-0.3, -0.25) is 24.2 Å². The van der Waals surface area contributed by atoms with E-state index in [9.17, 15) is 44.1 Å². The summed E-state index contributed by atoms with van der Waals surface area (Å²) in [6.45, 7) is 11.9. The smallest absolute Gasteiger partial charge is 0.331 e. The summed E-state index contributed by atoms with van der Waals surface area (Å²) in [6, 6.07) is 4.26. The molecule has 4 rings (SSSR count). The van der Waals surface area contributed by atoms with Gasteiger partial charge in [-0.2, -0.15) is 0 Å². The number of allylic oxidation sites excluding steroid dienone is 4. The minimum atomic E-state index is -1.52. The molecule has 9 atom stereocenters. The van der Waals surface area contributed by atoms with Gasteiger partial charge >= 0.3 is 11.9 Å². The summed E-state index contributed by atoms with van der Waals surface area (Å²) in [5, 5.41) is 39.9. The first-order chi connectivity index (χ1) is 28.5. The Morgan fingerprint density at radius 3 is 2.55 bits per heavy atom. The lowest BCUT2D eigenvalue weighted by molar-refractivity contribution is -0.156. The van der Waals surface area contributed by atoms with Gasteiger partial charge in [-0.15, -0.1) is 0 Å². The van der Waals surface area contributed by atoms with Crippen LogP contribution < -0.4 is 16.1 Å². The van der Waals surface area contributed by atoms with E-state index in [1.165, 1.54) is 48.4 Å². The van der Waals surface area contributed by atoms with Gasteiger partial charge in [-0.25, -0.2) is 10.2 Å². The first kappa shape index (κ1) is 47.3. The Hall–Kier alpha value is -5.38. The second kappa shape index (κ2) is 21.7. The predicted molar refractivity (Wildman–Crippen MR) is 222 cm³/mol. The molecule has 6 N–H and O–H groups in total. The quantitative estimate of drug-likeness (QED) is 0.0866. The van der Waals surface area contributed by atoms with E-state index < -0.39 is 89.3 Å². The number of fused-ring (bicyclic) bond motifs is 2. The van der Waals surface area contributed by atoms with Crippen molar-refractivity contribution >= 4 is 35.4 Å². The number of phenols is 1. The highest BCUT2D eigenvalue weighted by Gasteiger charge is 2.64. The molecule has 1 aliphatic carbocycles. The van der Waals surface area contributed by atoms with Gasteiger partial charge < -0.3 is 40.2 Å². The molecule has 60 heavy (non-hydrogen) atoms. The number of hydrogen-bond acceptors (Lipinski definition) is 12. The van der Waals surface area contributed by atoms with Crippen LogP contribution in [0.15, 0.2) is 85.0 Å². The highest BCUT2D eigenvalue weighted by atomic mass is 16.5. The maximum atomic E-state index is 14.7. The molecule has 1 spiro atoms. The second-order valence-corrected chi connectivity index (χ2v) is 16.2. The van der Waals surface area contributed by atoms with Crippen LogP contribution >= 0.6 is 0 Å². The zero-order chi connectivity index (χ0) is 44.1. The monoisotopic (exact) mass is 832 g/mol. The number of benzene rings is 1. The third-order valence-electron chi connectivity index (χ3n) is 11.2. The molecule has 2 heterocycles. The van der Waals surface area contributed by atoms with Crippen molar-refractivity contribution in [3.05, 3.63) is 90.6 Å². The number of ether oxygens (including phenoxy) is 2. The Labute approximate surface area is 351 Å². The Morgan fingerprint density at radius 2 is 1.87 bits per heavy atom. The van der Waals surface area contributed by atoms with Crippen molar-refractivity contribution in [1.82, 2.24) is 21.1 Å². The van der Waals surface area contributed by atoms with Crippen molar-refractivity contribution in [3.63, 3.8) is 0 Å². The number of ketones is 1. The van der Waals surface area contributed by atoms with Crippen LogP contribution in [-0.4, -0.2) is 105 Å². The number of esters is 2. The molecule has 3 amide bonds. The normalized spacial score (nSPS) is 31.0. The van der Waals surface area contributed by atoms with Crippen molar-refractivity contribution in [1.29, 1.82) is 0 Å². The molecule has 2 bridgehead atoms. The van der Waals surface area contributed by atoms with E-state index in [1.807, 2.05) is 0 Å². The maximum Gasteiger partial charge on any atom is 0.331 e. The van der Waals surface area contributed by atoms with Crippen LogP contribution in [0.2, 0.25) is 0 Å². The van der Waals surface area contributed by atoms with E-state index >= 15 is 0 Å². The van der Waals surface area contributed by atoms with Crippen LogP contribution in [0.4, 0.5) is 0 Å². The van der Waals surface area contributed by atoms with Crippen molar-refractivity contribution in [2.24, 2.45) is 17.8 Å². The SMILES string of the molecule is C=CCOC(=O)/C=C/C=C(\C)[C@@H]1C/C=C/C=C/[C@H](O)[C@H](C)[C@@H](O)[C@@H](CCC(C)=O)C(=O)N[C@@H](C(C)C)C(=O)NC2(C[C@H]2c2cccc(O)c2)C(=O)N2CCCC(N2)C(=O)O1. The summed E-state index contributed by atoms with van der Waals surface area (Å²) in [6.07, 6.45) is 9.67. The molecule has 3 aliphatic rings. The van der Waals surface area contributed by atoms with Gasteiger partial charge in [0.2, 0.25) is 11.8 Å². The van der Waals surface area contributed by atoms with E-state index in [-0.39, 0.29) is 50.4 Å². The van der Waals surface area contributed by atoms with E-state index in [1.54, 1.807) is 64.1 Å². The number of carbonyl (C=O) groups is 6. The fourth-order valence-electron chi connectivity index (χ4n) is 7.41. The van der Waals surface area contributed by atoms with Gasteiger partial charge in [0.25, 0.3) is 5.91 Å². The van der Waals surface area contributed by atoms with Crippen LogP contribution in [0.1, 0.15) is 84.6 Å². The fourth-order valence-corrected chi connectivity index (χ4v) is 7.41. The van der Waals surface area contributed by atoms with E-state index in [2.05, 4.69) is 22.6 Å². The lowest BCUT2D eigenvalue weighted by Crippen LogP contribution is -2.63. The summed E-state index contributed by atoms with van der Waals surface area (Å²) in [5.41, 5.74) is 2.69. The molecular weight excluding hydrogens is 773 g/mol. The Balaban J connectivity index is 1.74. The van der Waals surface area contributed by atoms with E-state index in [0.717, 1.165) is 0 Å². The number of hydrogen-bond donors (Lipinski definition) is 6. The minimum absolute atomic E-state index is 0.0279. The van der Waals surface area contributed by atoms with E-state index in [0.29, 0.717) is 24.0 Å². The van der Waals surface area contributed by atoms with Gasteiger partial charge in [0.05, 0.1) is 18.1 Å². The molecular formula is C45H60N4O11. The topological polar surface area (TPSA) is 221 Å². The highest BCUT2D eigenvalue weighted by Crippen LogP contribution is 2.53. The molecule has 2 unspecified atom stereocenters. The molecule has 1 aromatic carbocycles. The third-order valence-corrected chi connectivity index (χ3v) is 11.2. The van der Waals surface area contributed by atoms with Gasteiger partial charge in [-0.05, 0) is 68.7 Å². The Bertz CT molecular complexity index is 1870. The summed E-state index contributed by atoms with van der Waals surface area (Å²) in [5.74, 6) is -6.47. The summed E-state index contributed by atoms with van der Waals surface area (Å²) < 4.78 is 11.0. The number of nitrogens with one attached hydrogen (secondary N) is 3. The molecule has 2 fully saturated rings. The Morgan fingerprint density at radius 1 is 1.12 bits per heavy atom. The van der Waals surface area contributed by atoms with Crippen LogP contribution in [0, 0.1) is 17.8 Å². The number of rotatable bonds is 10. The van der Waals surface area contributed by atoms with Gasteiger partial charge in [0, 0.05) is 37.3 Å². The predicted octanol–water partition coefficient (Wildman–Crippen LogP) is 3.37. The zero-order valence-electron chi connectivity index (χ0n) is 35.0. The van der Waals surface area contributed by atoms with Crippen molar-refractivity contribution in [2.45, 2.75) is 115 Å². The molecule has 0 radical (unpaired) electrons. The zero-order valence-corrected chi connectivity index (χ0v) is 35.0. The van der Waals surface area contributed by atoms with Crippen LogP contribution in [0.25, 0.3) is 0 Å². The first-order valence-corrected chi connectivity index (χ1v) is 20.5. The summed E-state index contributed by atoms with van der Waals surface area (Å²) in [4.78, 5) is 80.8. The summed E-state index contributed by atoms with van der Waals surface area (Å²) >= 11 is 0. The van der Waals surface area contributed by atoms with Crippen molar-refractivity contribution in [2.75, 3.05) is 13.2 Å². The number of phenolic OH excluding ortho intramolecular Hbond substituents is 1. The third kappa shape index (κ3) is 12.6. The molecule has 1 saturated heterocycles. The van der Waals surface area contributed by atoms with Crippen molar-refractivity contribution < 1.29 is 53.6 Å². The average molecular weight is 833 g/mol. The molecule has 326 valence electrons. The number of carbonyl (C=O) groups excluding carboxylic acids is 6. The van der Waals surface area contributed by atoms with Gasteiger partial charge in [0.15, 0.2) is 0 Å². The number of aromatic hydroxyl groups is 1. The Kier molecular flexibility index (Phi) is 17.1. The maximum absolute atomic E-state index is 14.7. The molecule has 1 saturated carbocycles. The van der Waals surface area contributed by atoms with Gasteiger partial charge in [-0.1, -0.05) is 82.0 Å². The van der Waals surface area contributed by atoms with E-state index in [4.69, 9.17) is 9.47 Å². The average Bonchev–Trinajstić information content (AvgIpc) is 3.94. The molecule has 1 aromatic rings. The number of aliphatic hydroxyl groups excluding tert-OH is 2. The minimum Gasteiger partial charge on any atom is -0.508 e. The number of nitrogens with zero attached hydrogens (tertiary/aromatic N) is 1. The summed E-state index contributed by atoms with van der Waals surface area (Å²) in [7, 11) is 0. The number of aliphatic hydroxyl groups is 2. The highest BCUT2D eigenvalue weighted by molar-refractivity contribution is 5.98. The van der Waals surface area contributed by atoms with Crippen LogP contribution in [-0.2, 0) is 38.2 Å². The first-order valence-electron chi connectivity index (χ1n) is 20.5. The molecule has 0 aromatic heterocycles. The number of Topliss-reactive ketones (excluding diaryl/α,β-unsaturated/α-hetero) is 1. The van der Waals surface area contributed by atoms with Gasteiger partial charge in [0.1, 0.15) is 41.9 Å². The van der Waals surface area contributed by atoms with Crippen LogP contribution in [0.5, 0.6) is 5.75 Å². The number of amides is 3. The fraction of sp³-hybridized carbons (Fsp3) is 0.511. The van der Waals surface area contributed by atoms with Crippen LogP contribution in [0.3, 0.4) is 0 Å². The number of cyclic esters (lactones) is 1. The molecule has 15 heteroatoms. The molecule has 2 aliphatic heterocycles. The number of hydrazine groups is 1. The largest absolute Gasteiger partial charge is 0.508 e. The lowest BCUT2D eigenvalue weighted by atomic mass is 9.84. The lowest BCUT2D eigenvalue weighted by Gasteiger charge is -2.37. The molecule has 15 nitrogen and oxygen atoms in total. The second-order valence-electron chi connectivity index (χ2n) is 16.2.